The van der Waals surface area contributed by atoms with Crippen molar-refractivity contribution in [2.24, 2.45) is 0 Å². The first-order chi connectivity index (χ1) is 8.26. The van der Waals surface area contributed by atoms with Crippen LogP contribution in [-0.4, -0.2) is 30.0 Å². The van der Waals surface area contributed by atoms with Gasteiger partial charge in [-0.25, -0.2) is 4.21 Å². The van der Waals surface area contributed by atoms with Gasteiger partial charge in [0.25, 0.3) is 10.1 Å². The first-order valence-corrected chi connectivity index (χ1v) is 7.81. The van der Waals surface area contributed by atoms with E-state index in [0.29, 0.717) is 4.90 Å². The van der Waals surface area contributed by atoms with E-state index >= 15 is 0 Å². The van der Waals surface area contributed by atoms with Crippen molar-refractivity contribution in [1.82, 2.24) is 0 Å². The minimum atomic E-state index is -3.26. The van der Waals surface area contributed by atoms with E-state index in [1.807, 2.05) is 19.1 Å². The third-order valence-electron chi connectivity index (χ3n) is 1.62. The van der Waals surface area contributed by atoms with Gasteiger partial charge in [0.15, 0.2) is 11.1 Å². The molecular formula is C11H16O5S2. The van der Waals surface area contributed by atoms with E-state index in [2.05, 4.69) is 10.8 Å². The third-order valence-corrected chi connectivity index (χ3v) is 2.86. The molecule has 102 valence electrons. The average molecular weight is 292 g/mol. The summed E-state index contributed by atoms with van der Waals surface area (Å²) in [5, 5.41) is 0. The second-order valence-electron chi connectivity index (χ2n) is 3.34. The highest BCUT2D eigenvalue weighted by atomic mass is 32.2. The maximum absolute atomic E-state index is 10.4. The quantitative estimate of drug-likeness (QED) is 0.519. The molecule has 0 radical (unpaired) electrons. The van der Waals surface area contributed by atoms with E-state index in [4.69, 9.17) is 4.55 Å². The zero-order valence-corrected chi connectivity index (χ0v) is 11.8. The second kappa shape index (κ2) is 8.15. The maximum atomic E-state index is 10.4. The van der Waals surface area contributed by atoms with Crippen LogP contribution in [0.15, 0.2) is 41.8 Å². The molecule has 0 heterocycles. The zero-order chi connectivity index (χ0) is 14.2. The van der Waals surface area contributed by atoms with E-state index in [1.54, 1.807) is 12.1 Å². The number of benzene rings is 1. The predicted molar refractivity (Wildman–Crippen MR) is 71.2 cm³/mol. The highest BCUT2D eigenvalue weighted by Gasteiger charge is 1.96. The molecule has 1 aromatic carbocycles. The molecule has 0 spiro atoms. The Labute approximate surface area is 110 Å². The molecule has 7 heteroatoms. The summed E-state index contributed by atoms with van der Waals surface area (Å²) in [5.74, 6) is 0. The topological polar surface area (TPSA) is 80.7 Å². The van der Waals surface area contributed by atoms with Crippen molar-refractivity contribution in [2.45, 2.75) is 11.8 Å². The molecule has 0 bridgehead atoms. The molecule has 18 heavy (non-hydrogen) atoms. The third kappa shape index (κ3) is 9.06. The van der Waals surface area contributed by atoms with Crippen molar-refractivity contribution in [3.63, 3.8) is 0 Å². The van der Waals surface area contributed by atoms with Crippen LogP contribution in [0, 0.1) is 6.92 Å². The zero-order valence-electron chi connectivity index (χ0n) is 10.2. The summed E-state index contributed by atoms with van der Waals surface area (Å²) in [6, 6.07) is 6.91. The Bertz CT molecular complexity index is 491. The molecule has 1 aromatic rings. The molecule has 0 aliphatic carbocycles. The van der Waals surface area contributed by atoms with Gasteiger partial charge in [-0.3, -0.25) is 4.18 Å². The van der Waals surface area contributed by atoms with Crippen LogP contribution in [0.5, 0.6) is 0 Å². The summed E-state index contributed by atoms with van der Waals surface area (Å²) < 4.78 is 43.5. The Morgan fingerprint density at radius 3 is 2.17 bits per heavy atom. The minimum absolute atomic E-state index is 0.0544. The van der Waals surface area contributed by atoms with Crippen molar-refractivity contribution in [3.8, 4) is 0 Å². The highest BCUT2D eigenvalue weighted by molar-refractivity contribution is 7.86. The Kier molecular flexibility index (Phi) is 7.69. The van der Waals surface area contributed by atoms with Crippen LogP contribution in [0.4, 0.5) is 0 Å². The molecule has 1 unspecified atom stereocenters. The largest absolute Gasteiger partial charge is 0.302 e. The van der Waals surface area contributed by atoms with Crippen LogP contribution >= 0.6 is 0 Å². The van der Waals surface area contributed by atoms with Crippen molar-refractivity contribution >= 4 is 21.2 Å². The van der Waals surface area contributed by atoms with Crippen LogP contribution in [-0.2, 0) is 25.4 Å². The van der Waals surface area contributed by atoms with E-state index in [0.717, 1.165) is 11.8 Å². The molecule has 0 aliphatic rings. The van der Waals surface area contributed by atoms with Gasteiger partial charge < -0.3 is 4.55 Å². The lowest BCUT2D eigenvalue weighted by Crippen LogP contribution is -2.01. The summed E-state index contributed by atoms with van der Waals surface area (Å²) in [5.41, 5.74) is 1.09. The molecule has 1 atom stereocenters. The summed E-state index contributed by atoms with van der Waals surface area (Å²) in [6.07, 6.45) is 2.37. The van der Waals surface area contributed by atoms with Gasteiger partial charge in [0.1, 0.15) is 0 Å². The molecule has 0 saturated carbocycles. The summed E-state index contributed by atoms with van der Waals surface area (Å²) in [7, 11) is -3.26. The van der Waals surface area contributed by atoms with Crippen LogP contribution in [0.25, 0.3) is 0 Å². The molecular weight excluding hydrogens is 276 g/mol. The van der Waals surface area contributed by atoms with Gasteiger partial charge in [-0.2, -0.15) is 8.42 Å². The van der Waals surface area contributed by atoms with E-state index in [-0.39, 0.29) is 6.61 Å². The van der Waals surface area contributed by atoms with Gasteiger partial charge >= 0.3 is 0 Å². The smallest absolute Gasteiger partial charge is 0.264 e. The Morgan fingerprint density at radius 1 is 1.39 bits per heavy atom. The number of rotatable bonds is 4. The lowest BCUT2D eigenvalue weighted by molar-refractivity contribution is 0.362. The highest BCUT2D eigenvalue weighted by Crippen LogP contribution is 2.05. The van der Waals surface area contributed by atoms with Gasteiger partial charge in [0, 0.05) is 0 Å². The van der Waals surface area contributed by atoms with Gasteiger partial charge in [-0.1, -0.05) is 23.8 Å². The van der Waals surface area contributed by atoms with Crippen LogP contribution in [0.3, 0.4) is 0 Å². The average Bonchev–Trinajstić information content (AvgIpc) is 2.27. The van der Waals surface area contributed by atoms with Crippen LogP contribution in [0.1, 0.15) is 5.56 Å². The number of hydrogen-bond acceptors (Lipinski definition) is 4. The predicted octanol–water partition coefficient (Wildman–Crippen LogP) is 1.72. The molecule has 1 rings (SSSR count). The minimum Gasteiger partial charge on any atom is -0.302 e. The van der Waals surface area contributed by atoms with Crippen LogP contribution in [0.2, 0.25) is 0 Å². The second-order valence-corrected chi connectivity index (χ2v) is 5.95. The van der Waals surface area contributed by atoms with Crippen molar-refractivity contribution < 1.29 is 21.4 Å². The normalized spacial score (nSPS) is 12.2. The first kappa shape index (κ1) is 17.0. The Morgan fingerprint density at radius 2 is 1.89 bits per heavy atom. The first-order valence-electron chi connectivity index (χ1n) is 4.89. The fourth-order valence-electron chi connectivity index (χ4n) is 0.826. The molecule has 0 fully saturated rings. The fraction of sp³-hybridized carbons (Fsp3) is 0.273. The van der Waals surface area contributed by atoms with Gasteiger partial charge in [0.2, 0.25) is 0 Å². The van der Waals surface area contributed by atoms with Gasteiger partial charge in [-0.05, 0) is 19.1 Å². The summed E-state index contributed by atoms with van der Waals surface area (Å²) in [4.78, 5) is 0.450. The Hall–Kier alpha value is -1.02. The standard InChI is InChI=1S/C7H8O2S.C4H8O3S/c1-6-2-4-7(5-3-6)10(8)9;1-3-4-7-8(2,5)6/h2-5H,1H3,(H,8,9);3H,1,4H2,2H3. The summed E-state index contributed by atoms with van der Waals surface area (Å²) in [6.45, 7) is 5.26. The van der Waals surface area contributed by atoms with Crippen molar-refractivity contribution in [2.75, 3.05) is 12.9 Å². The molecule has 0 amide bonds. The van der Waals surface area contributed by atoms with Gasteiger partial charge in [0.05, 0.1) is 17.8 Å². The fourth-order valence-corrected chi connectivity index (χ4v) is 1.54. The lowest BCUT2D eigenvalue weighted by Gasteiger charge is -1.93. The monoisotopic (exact) mass is 292 g/mol. The number of hydrogen-bond donors (Lipinski definition) is 1. The van der Waals surface area contributed by atoms with E-state index < -0.39 is 21.2 Å². The summed E-state index contributed by atoms with van der Waals surface area (Å²) >= 11 is -1.84. The number of aryl methyl sites for hydroxylation is 1. The molecule has 0 saturated heterocycles. The van der Waals surface area contributed by atoms with Gasteiger partial charge in [-0.15, -0.1) is 6.58 Å². The van der Waals surface area contributed by atoms with E-state index in [1.165, 1.54) is 6.08 Å². The Balaban J connectivity index is 0.000000331. The molecule has 5 nitrogen and oxygen atoms in total. The van der Waals surface area contributed by atoms with Crippen molar-refractivity contribution in [3.05, 3.63) is 42.5 Å². The maximum Gasteiger partial charge on any atom is 0.264 e. The van der Waals surface area contributed by atoms with Crippen molar-refractivity contribution in [1.29, 1.82) is 0 Å². The molecule has 0 aliphatic heterocycles. The lowest BCUT2D eigenvalue weighted by atomic mass is 10.2. The van der Waals surface area contributed by atoms with Crippen LogP contribution < -0.4 is 0 Å². The SMILES string of the molecule is C=CCOS(C)(=O)=O.Cc1ccc(S(=O)O)cc1. The van der Waals surface area contributed by atoms with E-state index in [9.17, 15) is 12.6 Å². The molecule has 0 aromatic heterocycles. The molecule has 1 N–H and O–H groups in total.